The Morgan fingerprint density at radius 2 is 2.05 bits per heavy atom. The largest absolute Gasteiger partial charge is 0.353 e. The molecule has 114 valence electrons. The Labute approximate surface area is 124 Å². The van der Waals surface area contributed by atoms with Gasteiger partial charge >= 0.3 is 0 Å². The number of rotatable bonds is 4. The van der Waals surface area contributed by atoms with E-state index in [1.54, 1.807) is 17.0 Å². The lowest BCUT2D eigenvalue weighted by Gasteiger charge is -2.32. The minimum Gasteiger partial charge on any atom is -0.353 e. The molecule has 2 rings (SSSR count). The molecule has 0 spiro atoms. The molecule has 1 aliphatic heterocycles. The van der Waals surface area contributed by atoms with Crippen molar-refractivity contribution in [2.75, 3.05) is 13.1 Å². The molecule has 0 saturated carbocycles. The summed E-state index contributed by atoms with van der Waals surface area (Å²) in [6.07, 6.45) is 2.27. The summed E-state index contributed by atoms with van der Waals surface area (Å²) >= 11 is 0. The topological polar surface area (TPSA) is 49.4 Å². The molecule has 0 radical (unpaired) electrons. The predicted octanol–water partition coefficient (Wildman–Crippen LogP) is 1.89. The number of hydrogen-bond donors (Lipinski definition) is 1. The van der Waals surface area contributed by atoms with Crippen LogP contribution < -0.4 is 5.32 Å². The first-order chi connectivity index (χ1) is 10.1. The van der Waals surface area contributed by atoms with Crippen LogP contribution in [0.25, 0.3) is 0 Å². The SMILES string of the molecule is CCC(=O)NC1CCN(C(=O)Cc2cccc(F)c2)CC1. The van der Waals surface area contributed by atoms with Crippen molar-refractivity contribution in [3.05, 3.63) is 35.6 Å². The Morgan fingerprint density at radius 1 is 1.33 bits per heavy atom. The van der Waals surface area contributed by atoms with Gasteiger partial charge in [-0.3, -0.25) is 9.59 Å². The quantitative estimate of drug-likeness (QED) is 0.921. The van der Waals surface area contributed by atoms with E-state index < -0.39 is 0 Å². The highest BCUT2D eigenvalue weighted by atomic mass is 19.1. The van der Waals surface area contributed by atoms with Gasteiger partial charge in [0.25, 0.3) is 0 Å². The Morgan fingerprint density at radius 3 is 2.67 bits per heavy atom. The van der Waals surface area contributed by atoms with Crippen molar-refractivity contribution < 1.29 is 14.0 Å². The van der Waals surface area contributed by atoms with Crippen molar-refractivity contribution in [3.63, 3.8) is 0 Å². The van der Waals surface area contributed by atoms with E-state index in [0.717, 1.165) is 12.8 Å². The summed E-state index contributed by atoms with van der Waals surface area (Å²) in [4.78, 5) is 25.3. The second-order valence-corrected chi connectivity index (χ2v) is 5.38. The highest BCUT2D eigenvalue weighted by Crippen LogP contribution is 2.13. The average Bonchev–Trinajstić information content (AvgIpc) is 2.47. The van der Waals surface area contributed by atoms with Crippen LogP contribution in [0.1, 0.15) is 31.7 Å². The van der Waals surface area contributed by atoms with Crippen molar-refractivity contribution in [1.29, 1.82) is 0 Å². The van der Waals surface area contributed by atoms with Crippen LogP contribution in [-0.4, -0.2) is 35.8 Å². The lowest BCUT2D eigenvalue weighted by atomic mass is 10.0. The monoisotopic (exact) mass is 292 g/mol. The molecule has 4 nitrogen and oxygen atoms in total. The van der Waals surface area contributed by atoms with Crippen LogP contribution in [0.15, 0.2) is 24.3 Å². The van der Waals surface area contributed by atoms with Crippen LogP contribution in [0.5, 0.6) is 0 Å². The molecule has 1 aromatic carbocycles. The molecular formula is C16H21FN2O2. The van der Waals surface area contributed by atoms with Gasteiger partial charge in [-0.1, -0.05) is 19.1 Å². The number of piperidine rings is 1. The molecule has 0 atom stereocenters. The second-order valence-electron chi connectivity index (χ2n) is 5.38. The fourth-order valence-electron chi connectivity index (χ4n) is 2.54. The number of halogens is 1. The zero-order chi connectivity index (χ0) is 15.2. The van der Waals surface area contributed by atoms with Gasteiger partial charge in [0.2, 0.25) is 11.8 Å². The van der Waals surface area contributed by atoms with Crippen molar-refractivity contribution in [2.24, 2.45) is 0 Å². The van der Waals surface area contributed by atoms with Crippen molar-refractivity contribution in [1.82, 2.24) is 10.2 Å². The number of carbonyl (C=O) groups is 2. The molecule has 1 heterocycles. The van der Waals surface area contributed by atoms with E-state index >= 15 is 0 Å². The lowest BCUT2D eigenvalue weighted by molar-refractivity contribution is -0.131. The van der Waals surface area contributed by atoms with Gasteiger partial charge in [0.05, 0.1) is 6.42 Å². The molecule has 1 fully saturated rings. The van der Waals surface area contributed by atoms with Crippen LogP contribution >= 0.6 is 0 Å². The Balaban J connectivity index is 1.82. The average molecular weight is 292 g/mol. The molecule has 5 heteroatoms. The number of carbonyl (C=O) groups excluding carboxylic acids is 2. The molecule has 2 amide bonds. The smallest absolute Gasteiger partial charge is 0.226 e. The van der Waals surface area contributed by atoms with E-state index in [4.69, 9.17) is 0 Å². The van der Waals surface area contributed by atoms with E-state index in [2.05, 4.69) is 5.32 Å². The van der Waals surface area contributed by atoms with Crippen LogP contribution in [0.4, 0.5) is 4.39 Å². The molecule has 1 aliphatic rings. The molecule has 0 bridgehead atoms. The molecule has 1 saturated heterocycles. The summed E-state index contributed by atoms with van der Waals surface area (Å²) < 4.78 is 13.1. The molecule has 21 heavy (non-hydrogen) atoms. The summed E-state index contributed by atoms with van der Waals surface area (Å²) in [5.41, 5.74) is 0.696. The highest BCUT2D eigenvalue weighted by Gasteiger charge is 2.23. The molecule has 1 N–H and O–H groups in total. The van der Waals surface area contributed by atoms with Crippen LogP contribution in [0.2, 0.25) is 0 Å². The minimum atomic E-state index is -0.318. The standard InChI is InChI=1S/C16H21FN2O2/c1-2-15(20)18-14-6-8-19(9-7-14)16(21)11-12-4-3-5-13(17)10-12/h3-5,10,14H,2,6-9,11H2,1H3,(H,18,20). The van der Waals surface area contributed by atoms with E-state index in [-0.39, 0.29) is 30.1 Å². The Bertz CT molecular complexity index is 511. The summed E-state index contributed by atoms with van der Waals surface area (Å²) in [5, 5.41) is 2.96. The van der Waals surface area contributed by atoms with E-state index in [0.29, 0.717) is 25.1 Å². The van der Waals surface area contributed by atoms with Gasteiger partial charge in [0, 0.05) is 25.6 Å². The van der Waals surface area contributed by atoms with Crippen LogP contribution in [0.3, 0.4) is 0 Å². The Kier molecular flexibility index (Phi) is 5.31. The van der Waals surface area contributed by atoms with E-state index in [9.17, 15) is 14.0 Å². The van der Waals surface area contributed by atoms with Gasteiger partial charge in [-0.2, -0.15) is 0 Å². The summed E-state index contributed by atoms with van der Waals surface area (Å²) in [5.74, 6) is -0.248. The van der Waals surface area contributed by atoms with Gasteiger partial charge in [0.1, 0.15) is 5.82 Å². The maximum Gasteiger partial charge on any atom is 0.226 e. The summed E-state index contributed by atoms with van der Waals surface area (Å²) in [6, 6.07) is 6.30. The second kappa shape index (κ2) is 7.20. The first-order valence-corrected chi connectivity index (χ1v) is 7.40. The van der Waals surface area contributed by atoms with E-state index in [1.807, 2.05) is 6.92 Å². The number of hydrogen-bond acceptors (Lipinski definition) is 2. The number of nitrogens with zero attached hydrogens (tertiary/aromatic N) is 1. The number of nitrogens with one attached hydrogen (secondary N) is 1. The summed E-state index contributed by atoms with van der Waals surface area (Å²) in [7, 11) is 0. The molecule has 0 aliphatic carbocycles. The lowest BCUT2D eigenvalue weighted by Crippen LogP contribution is -2.46. The normalized spacial score (nSPS) is 15.8. The van der Waals surface area contributed by atoms with Gasteiger partial charge in [-0.25, -0.2) is 4.39 Å². The third-order valence-corrected chi connectivity index (χ3v) is 3.78. The van der Waals surface area contributed by atoms with Crippen molar-refractivity contribution >= 4 is 11.8 Å². The fourth-order valence-corrected chi connectivity index (χ4v) is 2.54. The van der Waals surface area contributed by atoms with Crippen LogP contribution in [0, 0.1) is 5.82 Å². The van der Waals surface area contributed by atoms with Gasteiger partial charge in [-0.05, 0) is 30.5 Å². The maximum absolute atomic E-state index is 13.1. The maximum atomic E-state index is 13.1. The first-order valence-electron chi connectivity index (χ1n) is 7.40. The van der Waals surface area contributed by atoms with Gasteiger partial charge < -0.3 is 10.2 Å². The molecule has 1 aromatic rings. The number of likely N-dealkylation sites (tertiary alicyclic amines) is 1. The van der Waals surface area contributed by atoms with E-state index in [1.165, 1.54) is 12.1 Å². The number of benzene rings is 1. The number of amides is 2. The molecular weight excluding hydrogens is 271 g/mol. The van der Waals surface area contributed by atoms with Gasteiger partial charge in [0.15, 0.2) is 0 Å². The minimum absolute atomic E-state index is 0.0147. The molecule has 0 unspecified atom stereocenters. The third kappa shape index (κ3) is 4.55. The van der Waals surface area contributed by atoms with Gasteiger partial charge in [-0.15, -0.1) is 0 Å². The highest BCUT2D eigenvalue weighted by molar-refractivity contribution is 5.79. The Hall–Kier alpha value is -1.91. The molecule has 0 aromatic heterocycles. The first kappa shape index (κ1) is 15.5. The summed E-state index contributed by atoms with van der Waals surface area (Å²) in [6.45, 7) is 3.11. The fraction of sp³-hybridized carbons (Fsp3) is 0.500. The predicted molar refractivity (Wildman–Crippen MR) is 78.1 cm³/mol. The zero-order valence-corrected chi connectivity index (χ0v) is 12.3. The van der Waals surface area contributed by atoms with Crippen molar-refractivity contribution in [3.8, 4) is 0 Å². The third-order valence-electron chi connectivity index (χ3n) is 3.78. The van der Waals surface area contributed by atoms with Crippen LogP contribution in [-0.2, 0) is 16.0 Å². The van der Waals surface area contributed by atoms with Crippen molar-refractivity contribution in [2.45, 2.75) is 38.6 Å². The zero-order valence-electron chi connectivity index (χ0n) is 12.3.